The highest BCUT2D eigenvalue weighted by molar-refractivity contribution is 7.22. The molecule has 0 N–H and O–H groups in total. The predicted octanol–water partition coefficient (Wildman–Crippen LogP) is 4.75. The number of nitrogens with zero attached hydrogens (tertiary/aromatic N) is 3. The highest BCUT2D eigenvalue weighted by Crippen LogP contribution is 2.30. The minimum absolute atomic E-state index is 0.0403. The number of carbonyl (C=O) groups excluding carboxylic acids is 1. The van der Waals surface area contributed by atoms with Crippen LogP contribution in [0.1, 0.15) is 11.3 Å². The monoisotopic (exact) mass is 407 g/mol. The summed E-state index contributed by atoms with van der Waals surface area (Å²) in [6, 6.07) is 17.5. The molecule has 0 spiro atoms. The molecule has 146 valence electrons. The summed E-state index contributed by atoms with van der Waals surface area (Å²) in [5.74, 6) is -0.791. The number of benzene rings is 2. The van der Waals surface area contributed by atoms with Gasteiger partial charge in [-0.15, -0.1) is 0 Å². The summed E-state index contributed by atoms with van der Waals surface area (Å²) in [4.78, 5) is 23.4. The number of pyridine rings is 1. The van der Waals surface area contributed by atoms with E-state index in [1.165, 1.54) is 28.4 Å². The van der Waals surface area contributed by atoms with Crippen LogP contribution in [0.25, 0.3) is 10.2 Å². The molecule has 0 aliphatic carbocycles. The summed E-state index contributed by atoms with van der Waals surface area (Å²) in [6.45, 7) is 1.96. The minimum atomic E-state index is -0.507. The Morgan fingerprint density at radius 3 is 2.76 bits per heavy atom. The Balaban J connectivity index is 1.61. The van der Waals surface area contributed by atoms with Crippen molar-refractivity contribution in [2.75, 3.05) is 11.5 Å². The molecule has 4 aromatic rings. The molecular weight excluding hydrogens is 389 g/mol. The normalized spacial score (nSPS) is 10.8. The molecule has 0 radical (unpaired) electrons. The van der Waals surface area contributed by atoms with Gasteiger partial charge in [0.2, 0.25) is 0 Å². The molecule has 2 aromatic carbocycles. The fourth-order valence-corrected chi connectivity index (χ4v) is 3.91. The summed E-state index contributed by atoms with van der Waals surface area (Å²) in [5.41, 5.74) is 2.67. The van der Waals surface area contributed by atoms with E-state index in [-0.39, 0.29) is 24.8 Å². The van der Waals surface area contributed by atoms with Crippen molar-refractivity contribution in [2.45, 2.75) is 13.5 Å². The van der Waals surface area contributed by atoms with Crippen molar-refractivity contribution in [1.29, 1.82) is 0 Å². The Kier molecular flexibility index (Phi) is 5.48. The molecule has 5 nitrogen and oxygen atoms in total. The maximum Gasteiger partial charge on any atom is 0.267 e. The SMILES string of the molecule is Cc1ccc2nc(N(Cc3ccccn3)C(=O)COc3ccccc3F)sc2c1. The lowest BCUT2D eigenvalue weighted by Gasteiger charge is -2.19. The lowest BCUT2D eigenvalue weighted by atomic mass is 10.2. The number of ether oxygens (including phenoxy) is 1. The van der Waals surface area contributed by atoms with Gasteiger partial charge in [-0.1, -0.05) is 35.6 Å². The van der Waals surface area contributed by atoms with E-state index in [9.17, 15) is 9.18 Å². The van der Waals surface area contributed by atoms with Crippen molar-refractivity contribution < 1.29 is 13.9 Å². The molecule has 0 atom stereocenters. The largest absolute Gasteiger partial charge is 0.481 e. The topological polar surface area (TPSA) is 55.3 Å². The molecule has 0 fully saturated rings. The first-order chi connectivity index (χ1) is 14.1. The van der Waals surface area contributed by atoms with Crippen LogP contribution in [0.3, 0.4) is 0 Å². The summed E-state index contributed by atoms with van der Waals surface area (Å²) in [7, 11) is 0. The number of fused-ring (bicyclic) bond motifs is 1. The molecule has 0 saturated heterocycles. The van der Waals surface area contributed by atoms with E-state index in [2.05, 4.69) is 9.97 Å². The van der Waals surface area contributed by atoms with Gasteiger partial charge in [-0.25, -0.2) is 9.37 Å². The van der Waals surface area contributed by atoms with Crippen LogP contribution >= 0.6 is 11.3 Å². The Morgan fingerprint density at radius 2 is 1.97 bits per heavy atom. The first-order valence-electron chi connectivity index (χ1n) is 9.05. The zero-order valence-corrected chi connectivity index (χ0v) is 16.5. The Labute approximate surface area is 171 Å². The van der Waals surface area contributed by atoms with Crippen LogP contribution < -0.4 is 9.64 Å². The van der Waals surface area contributed by atoms with Crippen molar-refractivity contribution in [1.82, 2.24) is 9.97 Å². The van der Waals surface area contributed by atoms with Crippen molar-refractivity contribution in [2.24, 2.45) is 0 Å². The molecule has 2 aromatic heterocycles. The molecule has 29 heavy (non-hydrogen) atoms. The smallest absolute Gasteiger partial charge is 0.267 e. The molecule has 0 saturated carbocycles. The second-order valence-electron chi connectivity index (χ2n) is 6.49. The lowest BCUT2D eigenvalue weighted by molar-refractivity contribution is -0.120. The quantitative estimate of drug-likeness (QED) is 0.463. The highest BCUT2D eigenvalue weighted by atomic mass is 32.1. The molecule has 0 aliphatic heterocycles. The fourth-order valence-electron chi connectivity index (χ4n) is 2.83. The number of aryl methyl sites for hydroxylation is 1. The maximum absolute atomic E-state index is 13.8. The fraction of sp³-hybridized carbons (Fsp3) is 0.136. The third kappa shape index (κ3) is 4.41. The number of hydrogen-bond acceptors (Lipinski definition) is 5. The zero-order valence-electron chi connectivity index (χ0n) is 15.7. The number of amides is 1. The summed E-state index contributed by atoms with van der Waals surface area (Å²) < 4.78 is 20.2. The van der Waals surface area contributed by atoms with E-state index in [4.69, 9.17) is 4.74 Å². The van der Waals surface area contributed by atoms with Crippen LogP contribution in [-0.4, -0.2) is 22.5 Å². The third-order valence-electron chi connectivity index (χ3n) is 4.30. The number of halogens is 1. The highest BCUT2D eigenvalue weighted by Gasteiger charge is 2.22. The van der Waals surface area contributed by atoms with Crippen LogP contribution in [-0.2, 0) is 11.3 Å². The average molecular weight is 407 g/mol. The number of thiazole rings is 1. The number of hydrogen-bond donors (Lipinski definition) is 0. The van der Waals surface area contributed by atoms with Gasteiger partial charge in [0, 0.05) is 6.20 Å². The van der Waals surface area contributed by atoms with E-state index in [1.807, 2.05) is 43.3 Å². The number of para-hydroxylation sites is 1. The molecule has 4 rings (SSSR count). The molecule has 0 aliphatic rings. The van der Waals surface area contributed by atoms with Gasteiger partial charge in [0.1, 0.15) is 0 Å². The van der Waals surface area contributed by atoms with E-state index in [1.54, 1.807) is 18.3 Å². The van der Waals surface area contributed by atoms with Crippen LogP contribution in [0.4, 0.5) is 9.52 Å². The maximum atomic E-state index is 13.8. The number of rotatable bonds is 6. The van der Waals surface area contributed by atoms with E-state index < -0.39 is 5.82 Å². The summed E-state index contributed by atoms with van der Waals surface area (Å²) in [5, 5.41) is 0.554. The lowest BCUT2D eigenvalue weighted by Crippen LogP contribution is -2.34. The van der Waals surface area contributed by atoms with E-state index in [0.29, 0.717) is 5.13 Å². The van der Waals surface area contributed by atoms with Crippen LogP contribution in [0, 0.1) is 12.7 Å². The zero-order chi connectivity index (χ0) is 20.2. The van der Waals surface area contributed by atoms with Gasteiger partial charge < -0.3 is 4.74 Å². The Morgan fingerprint density at radius 1 is 1.14 bits per heavy atom. The Bertz CT molecular complexity index is 1150. The van der Waals surface area contributed by atoms with Gasteiger partial charge in [-0.2, -0.15) is 0 Å². The Hall–Kier alpha value is -3.32. The molecule has 2 heterocycles. The van der Waals surface area contributed by atoms with Crippen molar-refractivity contribution in [3.63, 3.8) is 0 Å². The van der Waals surface area contributed by atoms with Gasteiger partial charge >= 0.3 is 0 Å². The van der Waals surface area contributed by atoms with Crippen molar-refractivity contribution >= 4 is 32.6 Å². The number of anilines is 1. The predicted molar refractivity (Wildman–Crippen MR) is 112 cm³/mol. The molecule has 1 amide bonds. The van der Waals surface area contributed by atoms with E-state index in [0.717, 1.165) is 21.5 Å². The minimum Gasteiger partial charge on any atom is -0.481 e. The third-order valence-corrected chi connectivity index (χ3v) is 5.34. The van der Waals surface area contributed by atoms with Crippen LogP contribution in [0.5, 0.6) is 5.75 Å². The van der Waals surface area contributed by atoms with Gasteiger partial charge in [0.05, 0.1) is 22.5 Å². The van der Waals surface area contributed by atoms with Gasteiger partial charge in [0.15, 0.2) is 23.3 Å². The van der Waals surface area contributed by atoms with Gasteiger partial charge in [0.25, 0.3) is 5.91 Å². The molecule has 7 heteroatoms. The number of carbonyl (C=O) groups is 1. The second-order valence-corrected chi connectivity index (χ2v) is 7.50. The van der Waals surface area contributed by atoms with Gasteiger partial charge in [-0.3, -0.25) is 14.7 Å². The summed E-state index contributed by atoms with van der Waals surface area (Å²) in [6.07, 6.45) is 1.68. The first-order valence-corrected chi connectivity index (χ1v) is 9.86. The number of aromatic nitrogens is 2. The van der Waals surface area contributed by atoms with Crippen LogP contribution in [0.2, 0.25) is 0 Å². The first kappa shape index (κ1) is 19.0. The van der Waals surface area contributed by atoms with Gasteiger partial charge in [-0.05, 0) is 48.9 Å². The van der Waals surface area contributed by atoms with E-state index >= 15 is 0 Å². The summed E-state index contributed by atoms with van der Waals surface area (Å²) >= 11 is 1.43. The van der Waals surface area contributed by atoms with Crippen molar-refractivity contribution in [3.05, 3.63) is 83.9 Å². The van der Waals surface area contributed by atoms with Crippen LogP contribution in [0.15, 0.2) is 66.9 Å². The molecule has 0 bridgehead atoms. The second kappa shape index (κ2) is 8.36. The van der Waals surface area contributed by atoms with Crippen molar-refractivity contribution in [3.8, 4) is 5.75 Å². The molecule has 0 unspecified atom stereocenters. The molecular formula is C22H18FN3O2S. The standard InChI is InChI=1S/C22H18FN3O2S/c1-15-9-10-18-20(12-15)29-22(25-18)26(13-16-6-4-5-11-24-16)21(27)14-28-19-8-3-2-7-17(19)23/h2-12H,13-14H2,1H3. The average Bonchev–Trinajstić information content (AvgIpc) is 3.14.